The summed E-state index contributed by atoms with van der Waals surface area (Å²) in [6.07, 6.45) is 6.44. The van der Waals surface area contributed by atoms with Gasteiger partial charge in [-0.2, -0.15) is 0 Å². The van der Waals surface area contributed by atoms with E-state index in [9.17, 15) is 4.79 Å². The molecule has 0 heterocycles. The highest BCUT2D eigenvalue weighted by atomic mass is 79.9. The first-order valence-corrected chi connectivity index (χ1v) is 6.17. The van der Waals surface area contributed by atoms with E-state index >= 15 is 0 Å². The van der Waals surface area contributed by atoms with Crippen LogP contribution in [0, 0.1) is 0 Å². The van der Waals surface area contributed by atoms with Gasteiger partial charge in [0, 0.05) is 0 Å². The van der Waals surface area contributed by atoms with Crippen LogP contribution >= 0.6 is 15.9 Å². The van der Waals surface area contributed by atoms with Gasteiger partial charge in [0.05, 0.1) is 7.11 Å². The molecular formula is C14H13BrO2. The van der Waals surface area contributed by atoms with Gasteiger partial charge in [0.15, 0.2) is 0 Å². The third-order valence-electron chi connectivity index (χ3n) is 2.78. The number of hydrogen-bond acceptors (Lipinski definition) is 2. The van der Waals surface area contributed by atoms with Crippen molar-refractivity contribution in [2.75, 3.05) is 7.11 Å². The van der Waals surface area contributed by atoms with E-state index in [-0.39, 0.29) is 5.97 Å². The molecule has 0 aromatic heterocycles. The average molecular weight is 293 g/mol. The van der Waals surface area contributed by atoms with Gasteiger partial charge in [0.2, 0.25) is 0 Å². The first-order valence-electron chi connectivity index (χ1n) is 5.38. The Balaban J connectivity index is 2.20. The molecule has 0 saturated heterocycles. The van der Waals surface area contributed by atoms with Crippen molar-refractivity contribution in [3.05, 3.63) is 54.1 Å². The number of hydrogen-bond donors (Lipinski definition) is 0. The first kappa shape index (κ1) is 12.1. The fourth-order valence-corrected chi connectivity index (χ4v) is 2.24. The van der Waals surface area contributed by atoms with Crippen molar-refractivity contribution in [1.29, 1.82) is 0 Å². The molecule has 0 N–H and O–H groups in total. The smallest absolute Gasteiger partial charge is 0.326 e. The van der Waals surface area contributed by atoms with Crippen molar-refractivity contribution in [2.45, 2.75) is 10.7 Å². The van der Waals surface area contributed by atoms with Crippen LogP contribution in [0.5, 0.6) is 0 Å². The maximum atomic E-state index is 11.6. The minimum Gasteiger partial charge on any atom is -0.468 e. The summed E-state index contributed by atoms with van der Waals surface area (Å²) in [5, 5.41) is 0. The molecule has 0 bridgehead atoms. The van der Waals surface area contributed by atoms with Gasteiger partial charge in [-0.25, -0.2) is 0 Å². The summed E-state index contributed by atoms with van der Waals surface area (Å²) in [7, 11) is 1.40. The van der Waals surface area contributed by atoms with E-state index in [0.29, 0.717) is 6.42 Å². The number of allylic oxidation sites excluding steroid dienone is 3. The van der Waals surface area contributed by atoms with Crippen molar-refractivity contribution < 1.29 is 9.53 Å². The highest BCUT2D eigenvalue weighted by molar-refractivity contribution is 9.10. The number of esters is 1. The van der Waals surface area contributed by atoms with Crippen molar-refractivity contribution in [1.82, 2.24) is 0 Å². The number of ether oxygens (including phenoxy) is 1. The molecule has 1 atom stereocenters. The Kier molecular flexibility index (Phi) is 3.48. The van der Waals surface area contributed by atoms with E-state index in [1.54, 1.807) is 0 Å². The maximum Gasteiger partial charge on any atom is 0.326 e. The number of carbonyl (C=O) groups excluding carboxylic acids is 1. The molecule has 17 heavy (non-hydrogen) atoms. The second kappa shape index (κ2) is 4.88. The molecule has 0 spiro atoms. The zero-order chi connectivity index (χ0) is 12.3. The fraction of sp³-hybridized carbons (Fsp3) is 0.214. The zero-order valence-corrected chi connectivity index (χ0v) is 11.1. The van der Waals surface area contributed by atoms with Crippen molar-refractivity contribution in [3.63, 3.8) is 0 Å². The van der Waals surface area contributed by atoms with E-state index in [0.717, 1.165) is 11.1 Å². The van der Waals surface area contributed by atoms with Crippen LogP contribution in [-0.2, 0) is 9.53 Å². The molecule has 2 nitrogen and oxygen atoms in total. The molecule has 0 aliphatic heterocycles. The fourth-order valence-electron chi connectivity index (χ4n) is 1.78. The lowest BCUT2D eigenvalue weighted by Crippen LogP contribution is -2.31. The molecule has 0 saturated carbocycles. The lowest BCUT2D eigenvalue weighted by atomic mass is 9.93. The maximum absolute atomic E-state index is 11.6. The van der Waals surface area contributed by atoms with Crippen molar-refractivity contribution >= 4 is 27.5 Å². The molecule has 2 rings (SSSR count). The van der Waals surface area contributed by atoms with Crippen molar-refractivity contribution in [2.24, 2.45) is 0 Å². The molecule has 1 unspecified atom stereocenters. The molecule has 1 aromatic rings. The lowest BCUT2D eigenvalue weighted by Gasteiger charge is -2.23. The SMILES string of the molecule is COC(=O)C1(Br)C=CC(c2ccccc2)=CC1. The number of rotatable bonds is 2. The summed E-state index contributed by atoms with van der Waals surface area (Å²) < 4.78 is 4.06. The minimum atomic E-state index is -0.708. The summed E-state index contributed by atoms with van der Waals surface area (Å²) in [6, 6.07) is 10.1. The van der Waals surface area contributed by atoms with Gasteiger partial charge >= 0.3 is 5.97 Å². The second-order valence-electron chi connectivity index (χ2n) is 3.92. The monoisotopic (exact) mass is 292 g/mol. The molecule has 0 amide bonds. The van der Waals surface area contributed by atoms with E-state index in [4.69, 9.17) is 4.74 Å². The van der Waals surface area contributed by atoms with Gasteiger partial charge in [-0.05, 0) is 17.6 Å². The normalized spacial score (nSPS) is 23.1. The molecule has 1 aromatic carbocycles. The summed E-state index contributed by atoms with van der Waals surface area (Å²) >= 11 is 3.42. The largest absolute Gasteiger partial charge is 0.468 e. The zero-order valence-electron chi connectivity index (χ0n) is 9.52. The van der Waals surface area contributed by atoms with Crippen LogP contribution in [0.2, 0.25) is 0 Å². The Morgan fingerprint density at radius 1 is 1.35 bits per heavy atom. The van der Waals surface area contributed by atoms with Gasteiger partial charge in [-0.1, -0.05) is 64.5 Å². The minimum absolute atomic E-state index is 0.267. The van der Waals surface area contributed by atoms with Gasteiger partial charge < -0.3 is 4.74 Å². The summed E-state index contributed by atoms with van der Waals surface area (Å²) in [5.74, 6) is -0.267. The van der Waals surface area contributed by atoms with Crippen LogP contribution < -0.4 is 0 Å². The van der Waals surface area contributed by atoms with Gasteiger partial charge in [0.1, 0.15) is 4.32 Å². The number of alkyl halides is 1. The van der Waals surface area contributed by atoms with E-state index in [1.165, 1.54) is 7.11 Å². The number of methoxy groups -OCH3 is 1. The van der Waals surface area contributed by atoms with E-state index < -0.39 is 4.32 Å². The number of halogens is 1. The predicted molar refractivity (Wildman–Crippen MR) is 71.9 cm³/mol. The van der Waals surface area contributed by atoms with Crippen LogP contribution in [0.1, 0.15) is 12.0 Å². The quantitative estimate of drug-likeness (QED) is 0.617. The molecule has 3 heteroatoms. The first-order chi connectivity index (χ1) is 8.15. The van der Waals surface area contributed by atoms with Gasteiger partial charge in [-0.15, -0.1) is 0 Å². The molecule has 0 fully saturated rings. The lowest BCUT2D eigenvalue weighted by molar-refractivity contribution is -0.141. The highest BCUT2D eigenvalue weighted by Crippen LogP contribution is 2.33. The van der Waals surface area contributed by atoms with Crippen LogP contribution in [0.15, 0.2) is 48.6 Å². The van der Waals surface area contributed by atoms with Gasteiger partial charge in [0.25, 0.3) is 0 Å². The summed E-state index contributed by atoms with van der Waals surface area (Å²) in [4.78, 5) is 11.6. The van der Waals surface area contributed by atoms with Crippen LogP contribution in [0.25, 0.3) is 5.57 Å². The Morgan fingerprint density at radius 3 is 2.59 bits per heavy atom. The van der Waals surface area contributed by atoms with Crippen LogP contribution in [-0.4, -0.2) is 17.4 Å². The topological polar surface area (TPSA) is 26.3 Å². The molecule has 1 aliphatic rings. The standard InChI is InChI=1S/C14H13BrO2/c1-17-13(16)14(15)9-7-12(8-10-14)11-5-3-2-4-6-11/h2-9H,10H2,1H3. The number of carbonyl (C=O) groups is 1. The third kappa shape index (κ3) is 2.50. The Bertz CT molecular complexity index is 476. The Hall–Kier alpha value is -1.35. The van der Waals surface area contributed by atoms with Crippen LogP contribution in [0.3, 0.4) is 0 Å². The Labute approximate surface area is 109 Å². The highest BCUT2D eigenvalue weighted by Gasteiger charge is 2.34. The number of benzene rings is 1. The Morgan fingerprint density at radius 2 is 2.06 bits per heavy atom. The van der Waals surface area contributed by atoms with Crippen LogP contribution in [0.4, 0.5) is 0 Å². The molecule has 0 radical (unpaired) electrons. The van der Waals surface area contributed by atoms with Gasteiger partial charge in [-0.3, -0.25) is 4.79 Å². The van der Waals surface area contributed by atoms with E-state index in [2.05, 4.69) is 28.1 Å². The molecular weight excluding hydrogens is 280 g/mol. The third-order valence-corrected chi connectivity index (χ3v) is 3.69. The van der Waals surface area contributed by atoms with Crippen molar-refractivity contribution in [3.8, 4) is 0 Å². The average Bonchev–Trinajstić information content (AvgIpc) is 2.39. The summed E-state index contributed by atoms with van der Waals surface area (Å²) in [6.45, 7) is 0. The predicted octanol–water partition coefficient (Wildman–Crippen LogP) is 3.34. The molecule has 1 aliphatic carbocycles. The summed E-state index contributed by atoms with van der Waals surface area (Å²) in [5.41, 5.74) is 2.28. The second-order valence-corrected chi connectivity index (χ2v) is 5.33. The van der Waals surface area contributed by atoms with E-state index in [1.807, 2.05) is 36.4 Å². The molecule has 88 valence electrons.